The summed E-state index contributed by atoms with van der Waals surface area (Å²) in [6.45, 7) is 2.05. The van der Waals surface area contributed by atoms with Crippen molar-refractivity contribution in [2.24, 2.45) is 7.05 Å². The zero-order valence-electron chi connectivity index (χ0n) is 11.0. The van der Waals surface area contributed by atoms with Crippen LogP contribution < -0.4 is 0 Å². The topological polar surface area (TPSA) is 43.6 Å². The minimum Gasteiger partial charge on any atom is -0.167 e. The van der Waals surface area contributed by atoms with Crippen LogP contribution in [0.3, 0.4) is 0 Å². The smallest absolute Gasteiger partial charge is 0.167 e. The molecule has 1 aromatic carbocycles. The van der Waals surface area contributed by atoms with Crippen LogP contribution in [-0.4, -0.2) is 32.0 Å². The summed E-state index contributed by atoms with van der Waals surface area (Å²) in [5, 5.41) is 12.1. The highest BCUT2D eigenvalue weighted by molar-refractivity contribution is 6.22. The first-order valence-corrected chi connectivity index (χ1v) is 7.08. The van der Waals surface area contributed by atoms with Crippen molar-refractivity contribution in [2.45, 2.75) is 18.8 Å². The van der Waals surface area contributed by atoms with Crippen LogP contribution in [0, 0.1) is 6.92 Å². The number of aromatic nitrogens is 4. The van der Waals surface area contributed by atoms with E-state index >= 15 is 0 Å². The maximum Gasteiger partial charge on any atom is 0.175 e. The normalized spacial score (nSPS) is 11.8. The Morgan fingerprint density at radius 3 is 2.53 bits per heavy atom. The Balaban J connectivity index is 2.37. The number of benzene rings is 1. The number of nitrogens with zero attached hydrogens (tertiary/aromatic N) is 4. The summed E-state index contributed by atoms with van der Waals surface area (Å²) < 4.78 is 0. The van der Waals surface area contributed by atoms with Gasteiger partial charge in [0, 0.05) is 23.6 Å². The van der Waals surface area contributed by atoms with Crippen LogP contribution in [0.15, 0.2) is 24.3 Å². The third kappa shape index (κ3) is 3.07. The van der Waals surface area contributed by atoms with Gasteiger partial charge in [0.05, 0.1) is 7.05 Å². The molecule has 0 aliphatic rings. The van der Waals surface area contributed by atoms with Crippen molar-refractivity contribution < 1.29 is 0 Å². The van der Waals surface area contributed by atoms with Gasteiger partial charge in [-0.15, -0.1) is 33.4 Å². The monoisotopic (exact) mass is 298 g/mol. The second kappa shape index (κ2) is 5.88. The van der Waals surface area contributed by atoms with Gasteiger partial charge in [-0.1, -0.05) is 29.8 Å². The average molecular weight is 299 g/mol. The van der Waals surface area contributed by atoms with Crippen LogP contribution in [0.2, 0.25) is 0 Å². The molecule has 2 aromatic rings. The largest absolute Gasteiger partial charge is 0.175 e. The molecule has 1 aromatic heterocycles. The fourth-order valence-electron chi connectivity index (χ4n) is 2.06. The van der Waals surface area contributed by atoms with Gasteiger partial charge in [0.25, 0.3) is 0 Å². The molecule has 1 heterocycles. The molecule has 0 saturated carbocycles. The molecule has 4 nitrogen and oxygen atoms in total. The molecule has 0 aliphatic carbocycles. The molecule has 2 rings (SSSR count). The molecule has 0 bridgehead atoms. The van der Waals surface area contributed by atoms with Crippen molar-refractivity contribution in [3.63, 3.8) is 0 Å². The van der Waals surface area contributed by atoms with Gasteiger partial charge in [-0.05, 0) is 17.7 Å². The van der Waals surface area contributed by atoms with Gasteiger partial charge in [0.2, 0.25) is 0 Å². The number of rotatable bonds is 5. The standard InChI is InChI=1S/C13H16Cl2N4/c1-10-4-3-5-11(6-10)13(8-14,9-15)7-12-16-18-19(2)17-12/h3-6H,7-9H2,1-2H3. The minimum atomic E-state index is -0.363. The molecule has 0 aliphatic heterocycles. The second-order valence-corrected chi connectivity index (χ2v) is 5.32. The lowest BCUT2D eigenvalue weighted by Crippen LogP contribution is -2.34. The fraction of sp³-hybridized carbons (Fsp3) is 0.462. The maximum absolute atomic E-state index is 6.20. The molecule has 6 heteroatoms. The molecular weight excluding hydrogens is 283 g/mol. The molecule has 0 saturated heterocycles. The molecule has 0 N–H and O–H groups in total. The zero-order valence-corrected chi connectivity index (χ0v) is 12.5. The Morgan fingerprint density at radius 1 is 1.26 bits per heavy atom. The first-order valence-electron chi connectivity index (χ1n) is 6.01. The Labute approximate surface area is 122 Å². The summed E-state index contributed by atoms with van der Waals surface area (Å²) in [6, 6.07) is 8.23. The van der Waals surface area contributed by atoms with Crippen molar-refractivity contribution in [3.05, 3.63) is 41.2 Å². The average Bonchev–Trinajstić information content (AvgIpc) is 2.81. The van der Waals surface area contributed by atoms with Crippen LogP contribution in [0.1, 0.15) is 17.0 Å². The van der Waals surface area contributed by atoms with Crippen molar-refractivity contribution in [1.29, 1.82) is 0 Å². The number of tetrazole rings is 1. The van der Waals surface area contributed by atoms with E-state index in [4.69, 9.17) is 23.2 Å². The van der Waals surface area contributed by atoms with Crippen molar-refractivity contribution in [3.8, 4) is 0 Å². The molecule has 0 radical (unpaired) electrons. The maximum atomic E-state index is 6.20. The lowest BCUT2D eigenvalue weighted by atomic mass is 9.80. The van der Waals surface area contributed by atoms with Crippen molar-refractivity contribution >= 4 is 23.2 Å². The van der Waals surface area contributed by atoms with Crippen LogP contribution in [-0.2, 0) is 18.9 Å². The zero-order chi connectivity index (χ0) is 13.9. The van der Waals surface area contributed by atoms with Gasteiger partial charge in [0.15, 0.2) is 5.82 Å². The first-order chi connectivity index (χ1) is 9.09. The summed E-state index contributed by atoms with van der Waals surface area (Å²) in [6.07, 6.45) is 0.581. The van der Waals surface area contributed by atoms with Crippen LogP contribution in [0.25, 0.3) is 0 Å². The highest BCUT2D eigenvalue weighted by Crippen LogP contribution is 2.31. The highest BCUT2D eigenvalue weighted by Gasteiger charge is 2.32. The quantitative estimate of drug-likeness (QED) is 0.797. The molecule has 19 heavy (non-hydrogen) atoms. The van der Waals surface area contributed by atoms with Gasteiger partial charge >= 0.3 is 0 Å². The Morgan fingerprint density at radius 2 is 2.00 bits per heavy atom. The Hall–Kier alpha value is -1.13. The van der Waals surface area contributed by atoms with E-state index in [1.807, 2.05) is 12.1 Å². The third-order valence-electron chi connectivity index (χ3n) is 3.19. The van der Waals surface area contributed by atoms with Gasteiger partial charge in [-0.25, -0.2) is 0 Å². The van der Waals surface area contributed by atoms with Gasteiger partial charge in [-0.3, -0.25) is 0 Å². The van der Waals surface area contributed by atoms with E-state index in [2.05, 4.69) is 34.5 Å². The summed E-state index contributed by atoms with van der Waals surface area (Å²) >= 11 is 12.4. The lowest BCUT2D eigenvalue weighted by Gasteiger charge is -2.29. The molecular formula is C13H16Cl2N4. The molecule has 0 fully saturated rings. The number of hydrogen-bond acceptors (Lipinski definition) is 3. The Bertz CT molecular complexity index is 549. The first kappa shape index (κ1) is 14.3. The van der Waals surface area contributed by atoms with E-state index in [1.165, 1.54) is 10.4 Å². The van der Waals surface area contributed by atoms with Crippen LogP contribution in [0.5, 0.6) is 0 Å². The fourth-order valence-corrected chi connectivity index (χ4v) is 2.84. The SMILES string of the molecule is Cc1cccc(C(CCl)(CCl)Cc2nnn(C)n2)c1. The number of halogens is 2. The van der Waals surface area contributed by atoms with Crippen molar-refractivity contribution in [1.82, 2.24) is 20.2 Å². The van der Waals surface area contributed by atoms with Gasteiger partial charge in [0.1, 0.15) is 0 Å². The number of hydrogen-bond donors (Lipinski definition) is 0. The minimum absolute atomic E-state index is 0.363. The molecule has 0 spiro atoms. The van der Waals surface area contributed by atoms with E-state index in [-0.39, 0.29) is 5.41 Å². The van der Waals surface area contributed by atoms with Crippen LogP contribution in [0.4, 0.5) is 0 Å². The van der Waals surface area contributed by atoms with E-state index in [9.17, 15) is 0 Å². The predicted octanol–water partition coefficient (Wildman–Crippen LogP) is 2.48. The van der Waals surface area contributed by atoms with E-state index in [1.54, 1.807) is 7.05 Å². The molecule has 102 valence electrons. The summed E-state index contributed by atoms with van der Waals surface area (Å²) in [4.78, 5) is 1.44. The van der Waals surface area contributed by atoms with Crippen LogP contribution >= 0.6 is 23.2 Å². The van der Waals surface area contributed by atoms with E-state index < -0.39 is 0 Å². The third-order valence-corrected chi connectivity index (χ3v) is 4.21. The number of alkyl halides is 2. The van der Waals surface area contributed by atoms with E-state index in [0.717, 1.165) is 5.56 Å². The Kier molecular flexibility index (Phi) is 4.42. The molecule has 0 atom stereocenters. The lowest BCUT2D eigenvalue weighted by molar-refractivity contribution is 0.517. The summed E-state index contributed by atoms with van der Waals surface area (Å²) in [5.41, 5.74) is 1.94. The molecule has 0 amide bonds. The second-order valence-electron chi connectivity index (χ2n) is 4.79. The predicted molar refractivity (Wildman–Crippen MR) is 76.8 cm³/mol. The van der Waals surface area contributed by atoms with E-state index in [0.29, 0.717) is 24.0 Å². The highest BCUT2D eigenvalue weighted by atomic mass is 35.5. The van der Waals surface area contributed by atoms with Gasteiger partial charge < -0.3 is 0 Å². The molecule has 0 unspecified atom stereocenters. The van der Waals surface area contributed by atoms with Gasteiger partial charge in [-0.2, -0.15) is 4.80 Å². The summed E-state index contributed by atoms with van der Waals surface area (Å²) in [7, 11) is 1.74. The summed E-state index contributed by atoms with van der Waals surface area (Å²) in [5.74, 6) is 1.49. The van der Waals surface area contributed by atoms with Crippen molar-refractivity contribution in [2.75, 3.05) is 11.8 Å². The number of aryl methyl sites for hydroxylation is 2.